The second kappa shape index (κ2) is 12.9. The number of benzene rings is 3. The van der Waals surface area contributed by atoms with Crippen LogP contribution in [-0.4, -0.2) is 44.3 Å². The highest BCUT2D eigenvalue weighted by molar-refractivity contribution is 7.89. The number of hydrogen-bond donors (Lipinski definition) is 2. The van der Waals surface area contributed by atoms with Crippen LogP contribution in [0.5, 0.6) is 5.75 Å². The third-order valence-corrected chi connectivity index (χ3v) is 8.31. The lowest BCUT2D eigenvalue weighted by Crippen LogP contribution is -2.47. The average Bonchev–Trinajstić information content (AvgIpc) is 3.77. The van der Waals surface area contributed by atoms with Gasteiger partial charge in [-0.2, -0.15) is 0 Å². The Morgan fingerprint density at radius 2 is 1.62 bits per heavy atom. The second-order valence-corrected chi connectivity index (χ2v) is 11.5. The summed E-state index contributed by atoms with van der Waals surface area (Å²) in [6.07, 6.45) is 2.35. The van der Waals surface area contributed by atoms with Crippen LogP contribution in [0.25, 0.3) is 0 Å². The standard InChI is InChI=1S/C30H35N3O5S/c1-22(30(35)31-20-25-10-6-7-11-28(25)38-2)33(21-24-8-4-3-5-9-24)29(34)19-14-23-12-17-27(18-13-23)39(36,37)32-26-15-16-26/h3-13,17-18,22,26,32H,14-16,19-21H2,1-2H3,(H,31,35)/t22-/m1/s1. The molecule has 0 radical (unpaired) electrons. The quantitative estimate of drug-likeness (QED) is 0.338. The van der Waals surface area contributed by atoms with E-state index in [0.29, 0.717) is 18.7 Å². The number of sulfonamides is 1. The third kappa shape index (κ3) is 7.91. The van der Waals surface area contributed by atoms with Crippen molar-refractivity contribution in [2.45, 2.75) is 62.7 Å². The Morgan fingerprint density at radius 1 is 0.949 bits per heavy atom. The van der Waals surface area contributed by atoms with Crippen molar-refractivity contribution in [1.29, 1.82) is 0 Å². The van der Waals surface area contributed by atoms with Crippen LogP contribution in [0.15, 0.2) is 83.8 Å². The van der Waals surface area contributed by atoms with Crippen LogP contribution < -0.4 is 14.8 Å². The molecule has 4 rings (SSSR count). The van der Waals surface area contributed by atoms with Gasteiger partial charge >= 0.3 is 0 Å². The molecule has 2 amide bonds. The minimum Gasteiger partial charge on any atom is -0.496 e. The summed E-state index contributed by atoms with van der Waals surface area (Å²) in [4.78, 5) is 28.4. The number of rotatable bonds is 13. The molecule has 8 nitrogen and oxygen atoms in total. The predicted molar refractivity (Wildman–Crippen MR) is 149 cm³/mol. The highest BCUT2D eigenvalue weighted by atomic mass is 32.2. The molecule has 0 aromatic heterocycles. The van der Waals surface area contributed by atoms with E-state index in [9.17, 15) is 18.0 Å². The summed E-state index contributed by atoms with van der Waals surface area (Å²) in [5.41, 5.74) is 2.62. The molecule has 0 bridgehead atoms. The molecule has 39 heavy (non-hydrogen) atoms. The van der Waals surface area contributed by atoms with Crippen LogP contribution in [0, 0.1) is 0 Å². The molecule has 9 heteroatoms. The van der Waals surface area contributed by atoms with Gasteiger partial charge in [-0.05, 0) is 55.5 Å². The van der Waals surface area contributed by atoms with Crippen LogP contribution in [0.1, 0.15) is 42.9 Å². The molecule has 1 saturated carbocycles. The molecule has 0 saturated heterocycles. The van der Waals surface area contributed by atoms with E-state index < -0.39 is 16.1 Å². The zero-order valence-corrected chi connectivity index (χ0v) is 23.1. The summed E-state index contributed by atoms with van der Waals surface area (Å²) < 4.78 is 32.9. The number of carbonyl (C=O) groups is 2. The molecule has 0 spiro atoms. The summed E-state index contributed by atoms with van der Waals surface area (Å²) in [6, 6.07) is 23.0. The Hall–Kier alpha value is -3.69. The number of nitrogens with zero attached hydrogens (tertiary/aromatic N) is 1. The number of carbonyl (C=O) groups excluding carboxylic acids is 2. The molecular formula is C30H35N3O5S. The largest absolute Gasteiger partial charge is 0.496 e. The molecule has 1 aliphatic carbocycles. The van der Waals surface area contributed by atoms with Crippen molar-refractivity contribution in [3.8, 4) is 5.75 Å². The molecule has 1 fully saturated rings. The number of para-hydroxylation sites is 1. The zero-order valence-electron chi connectivity index (χ0n) is 22.3. The first kappa shape index (κ1) is 28.3. The number of hydrogen-bond acceptors (Lipinski definition) is 5. The van der Waals surface area contributed by atoms with Crippen molar-refractivity contribution < 1.29 is 22.7 Å². The summed E-state index contributed by atoms with van der Waals surface area (Å²) in [7, 11) is -1.94. The normalized spacial score (nSPS) is 13.9. The fraction of sp³-hybridized carbons (Fsp3) is 0.333. The van der Waals surface area contributed by atoms with Crippen LogP contribution >= 0.6 is 0 Å². The molecular weight excluding hydrogens is 514 g/mol. The topological polar surface area (TPSA) is 105 Å². The molecule has 3 aromatic carbocycles. The van der Waals surface area contributed by atoms with Gasteiger partial charge in [0.2, 0.25) is 21.8 Å². The van der Waals surface area contributed by atoms with Gasteiger partial charge in [0, 0.05) is 31.1 Å². The van der Waals surface area contributed by atoms with E-state index in [2.05, 4.69) is 10.0 Å². The van der Waals surface area contributed by atoms with Gasteiger partial charge in [0.05, 0.1) is 12.0 Å². The molecule has 2 N–H and O–H groups in total. The Kier molecular flexibility index (Phi) is 9.37. The van der Waals surface area contributed by atoms with Gasteiger partial charge in [-0.15, -0.1) is 0 Å². The smallest absolute Gasteiger partial charge is 0.242 e. The Labute approximate surface area is 230 Å². The first-order valence-electron chi connectivity index (χ1n) is 13.1. The van der Waals surface area contributed by atoms with Crippen molar-refractivity contribution in [3.05, 3.63) is 95.6 Å². The number of amides is 2. The van der Waals surface area contributed by atoms with E-state index in [0.717, 1.165) is 29.5 Å². The fourth-order valence-corrected chi connectivity index (χ4v) is 5.57. The number of ether oxygens (including phenoxy) is 1. The summed E-state index contributed by atoms with van der Waals surface area (Å²) in [5, 5.41) is 2.93. The molecule has 3 aromatic rings. The van der Waals surface area contributed by atoms with Crippen LogP contribution in [-0.2, 0) is 39.1 Å². The second-order valence-electron chi connectivity index (χ2n) is 9.75. The van der Waals surface area contributed by atoms with E-state index in [1.54, 1.807) is 43.2 Å². The Bertz CT molecular complexity index is 1370. The number of aryl methyl sites for hydroxylation is 1. The van der Waals surface area contributed by atoms with Gasteiger partial charge in [-0.1, -0.05) is 60.7 Å². The maximum Gasteiger partial charge on any atom is 0.242 e. The van der Waals surface area contributed by atoms with E-state index in [-0.39, 0.29) is 35.7 Å². The fourth-order valence-electron chi connectivity index (χ4n) is 4.26. The lowest BCUT2D eigenvalue weighted by atomic mass is 10.1. The number of nitrogens with one attached hydrogen (secondary N) is 2. The van der Waals surface area contributed by atoms with E-state index >= 15 is 0 Å². The monoisotopic (exact) mass is 549 g/mol. The van der Waals surface area contributed by atoms with E-state index in [4.69, 9.17) is 4.74 Å². The molecule has 0 unspecified atom stereocenters. The zero-order chi connectivity index (χ0) is 27.8. The SMILES string of the molecule is COc1ccccc1CNC(=O)[C@@H](C)N(Cc1ccccc1)C(=O)CCc1ccc(S(=O)(=O)NC2CC2)cc1. The minimum absolute atomic E-state index is 0.0387. The Balaban J connectivity index is 1.41. The maximum absolute atomic E-state index is 13.4. The maximum atomic E-state index is 13.4. The first-order valence-corrected chi connectivity index (χ1v) is 14.6. The van der Waals surface area contributed by atoms with Crippen molar-refractivity contribution >= 4 is 21.8 Å². The van der Waals surface area contributed by atoms with Crippen LogP contribution in [0.2, 0.25) is 0 Å². The molecule has 206 valence electrons. The van der Waals surface area contributed by atoms with Gasteiger partial charge in [0.15, 0.2) is 0 Å². The van der Waals surface area contributed by atoms with Crippen molar-refractivity contribution in [2.75, 3.05) is 7.11 Å². The average molecular weight is 550 g/mol. The first-order chi connectivity index (χ1) is 18.8. The summed E-state index contributed by atoms with van der Waals surface area (Å²) >= 11 is 0. The highest BCUT2D eigenvalue weighted by Crippen LogP contribution is 2.23. The van der Waals surface area contributed by atoms with E-state index in [1.165, 1.54) is 0 Å². The van der Waals surface area contributed by atoms with Gasteiger partial charge in [-0.3, -0.25) is 9.59 Å². The van der Waals surface area contributed by atoms with Crippen molar-refractivity contribution in [1.82, 2.24) is 14.9 Å². The van der Waals surface area contributed by atoms with Crippen LogP contribution in [0.3, 0.4) is 0 Å². The highest BCUT2D eigenvalue weighted by Gasteiger charge is 2.28. The van der Waals surface area contributed by atoms with Gasteiger partial charge in [0.25, 0.3) is 0 Å². The summed E-state index contributed by atoms with van der Waals surface area (Å²) in [5.74, 6) is 0.263. The van der Waals surface area contributed by atoms with Gasteiger partial charge in [-0.25, -0.2) is 13.1 Å². The third-order valence-electron chi connectivity index (χ3n) is 6.77. The lowest BCUT2D eigenvalue weighted by Gasteiger charge is -2.29. The number of methoxy groups -OCH3 is 1. The molecule has 1 atom stereocenters. The lowest BCUT2D eigenvalue weighted by molar-refractivity contribution is -0.140. The molecule has 0 heterocycles. The molecule has 1 aliphatic rings. The van der Waals surface area contributed by atoms with Crippen LogP contribution in [0.4, 0.5) is 0 Å². The van der Waals surface area contributed by atoms with E-state index in [1.807, 2.05) is 54.6 Å². The minimum atomic E-state index is -3.52. The summed E-state index contributed by atoms with van der Waals surface area (Å²) in [6.45, 7) is 2.31. The van der Waals surface area contributed by atoms with Crippen molar-refractivity contribution in [2.24, 2.45) is 0 Å². The van der Waals surface area contributed by atoms with Gasteiger partial charge in [0.1, 0.15) is 11.8 Å². The predicted octanol–water partition coefficient (Wildman–Crippen LogP) is 3.80. The Morgan fingerprint density at radius 3 is 2.28 bits per heavy atom. The molecule has 0 aliphatic heterocycles. The van der Waals surface area contributed by atoms with Gasteiger partial charge < -0.3 is 15.0 Å². The van der Waals surface area contributed by atoms with Crippen molar-refractivity contribution in [3.63, 3.8) is 0 Å².